The van der Waals surface area contributed by atoms with Gasteiger partial charge in [-0.15, -0.1) is 0 Å². The van der Waals surface area contributed by atoms with Crippen LogP contribution in [0.1, 0.15) is 0 Å². The van der Waals surface area contributed by atoms with E-state index in [0.717, 1.165) is 0 Å². The van der Waals surface area contributed by atoms with Gasteiger partial charge in [-0.25, -0.2) is 0 Å². The van der Waals surface area contributed by atoms with Crippen molar-refractivity contribution in [1.29, 1.82) is 0 Å². The summed E-state index contributed by atoms with van der Waals surface area (Å²) in [6.45, 7) is 0. The molecule has 67 valence electrons. The van der Waals surface area contributed by atoms with Crippen LogP contribution in [0.2, 0.25) is 0 Å². The Kier molecular flexibility index (Phi) is 61.3. The quantitative estimate of drug-likeness (QED) is 0.301. The fraction of sp³-hybridized carbons (Fsp3) is 0. The standard InChI is InChI=1S/3Mn.6O.2Sb/q3*+2;6*-1;;. The number of hydrogen-bond donors (Lipinski definition) is 0. The predicted octanol–water partition coefficient (Wildman–Crippen LogP) is -7.90. The molecule has 11 heavy (non-hydrogen) atoms. The molecule has 11 heteroatoms. The Morgan fingerprint density at radius 2 is 0.455 bits per heavy atom. The van der Waals surface area contributed by atoms with E-state index in [2.05, 4.69) is 0 Å². The van der Waals surface area contributed by atoms with E-state index in [1.807, 2.05) is 0 Å². The van der Waals surface area contributed by atoms with Crippen LogP contribution >= 0.6 is 0 Å². The molecule has 0 aromatic heterocycles. The number of rotatable bonds is 0. The van der Waals surface area contributed by atoms with Crippen molar-refractivity contribution >= 4 is 42.9 Å². The van der Waals surface area contributed by atoms with Gasteiger partial charge in [-0.3, -0.25) is 0 Å². The maximum absolute atomic E-state index is 8.60. The van der Waals surface area contributed by atoms with Crippen molar-refractivity contribution in [3.8, 4) is 0 Å². The average molecular weight is 504 g/mol. The second kappa shape index (κ2) is 23.1. The van der Waals surface area contributed by atoms with E-state index in [4.69, 9.17) is 20.3 Å². The summed E-state index contributed by atoms with van der Waals surface area (Å²) in [5.41, 5.74) is 0. The fourth-order valence-electron chi connectivity index (χ4n) is 0. The molecular weight excluding hydrogens is 504 g/mol. The predicted molar refractivity (Wildman–Crippen MR) is 11.5 cm³/mol. The summed E-state index contributed by atoms with van der Waals surface area (Å²) in [5, 5.41) is 0. The summed E-state index contributed by atoms with van der Waals surface area (Å²) in [5.74, 6) is 0. The Balaban J connectivity index is -0.0000000171. The van der Waals surface area contributed by atoms with Crippen LogP contribution in [0.15, 0.2) is 0 Å². The molecule has 0 spiro atoms. The third-order valence-electron chi connectivity index (χ3n) is 0. The van der Waals surface area contributed by atoms with Gasteiger partial charge in [-0.2, -0.15) is 0 Å². The molecule has 6 nitrogen and oxygen atoms in total. The third kappa shape index (κ3) is 178. The minimum absolute atomic E-state index is 0. The van der Waals surface area contributed by atoms with Crippen molar-refractivity contribution in [3.63, 3.8) is 0 Å². The molecule has 0 rings (SSSR count). The van der Waals surface area contributed by atoms with Crippen LogP contribution in [0.4, 0.5) is 0 Å². The molecule has 0 amide bonds. The van der Waals surface area contributed by atoms with Gasteiger partial charge in [0.25, 0.3) is 0 Å². The topological polar surface area (TPSA) is 138 Å². The van der Waals surface area contributed by atoms with Gasteiger partial charge in [0.15, 0.2) is 0 Å². The first-order chi connectivity index (χ1) is 3.46. The molecule has 0 saturated heterocycles. The SMILES string of the molecule is [Mn+2].[Mn+2].[Mn+2].[O-][Sb]([O-])[O-].[O-][Sb]([O-])[O-]. The summed E-state index contributed by atoms with van der Waals surface area (Å²) in [4.78, 5) is 0. The summed E-state index contributed by atoms with van der Waals surface area (Å²) < 4.78 is 51.6. The van der Waals surface area contributed by atoms with Gasteiger partial charge >= 0.3 is 114 Å². The summed E-state index contributed by atoms with van der Waals surface area (Å²) >= 11 is -8.40. The van der Waals surface area contributed by atoms with Gasteiger partial charge in [0.2, 0.25) is 0 Å². The molecule has 0 unspecified atom stereocenters. The van der Waals surface area contributed by atoms with Crippen LogP contribution in [0.5, 0.6) is 0 Å². The Morgan fingerprint density at radius 1 is 0.455 bits per heavy atom. The molecule has 0 aromatic rings. The zero-order valence-corrected chi connectivity index (χ0v) is 13.1. The zero-order valence-electron chi connectivity index (χ0n) is 4.48. The Bertz CT molecular complexity index is 31.3. The molecule has 0 aliphatic rings. The Labute approximate surface area is 113 Å². The first-order valence-corrected chi connectivity index (χ1v) is 7.35. The summed E-state index contributed by atoms with van der Waals surface area (Å²) in [6.07, 6.45) is 0. The first kappa shape index (κ1) is 29.2. The zero-order chi connectivity index (χ0) is 7.15. The van der Waals surface area contributed by atoms with Gasteiger partial charge in [-0.05, 0) is 0 Å². The van der Waals surface area contributed by atoms with Crippen molar-refractivity contribution in [2.24, 2.45) is 0 Å². The van der Waals surface area contributed by atoms with E-state index in [9.17, 15) is 0 Å². The average Bonchev–Trinajstić information content (AvgIpc) is 1.25. The Hall–Kier alpha value is 2.95. The summed E-state index contributed by atoms with van der Waals surface area (Å²) in [7, 11) is 0. The molecule has 0 fully saturated rings. The Morgan fingerprint density at radius 3 is 0.455 bits per heavy atom. The fourth-order valence-corrected chi connectivity index (χ4v) is 0. The normalized spacial score (nSPS) is 6.55. The summed E-state index contributed by atoms with van der Waals surface area (Å²) in [6, 6.07) is 0. The second-order valence-corrected chi connectivity index (χ2v) is 3.00. The van der Waals surface area contributed by atoms with Crippen molar-refractivity contribution < 1.29 is 71.5 Å². The van der Waals surface area contributed by atoms with E-state index < -0.39 is 42.9 Å². The van der Waals surface area contributed by atoms with Crippen LogP contribution in [0.3, 0.4) is 0 Å². The van der Waals surface area contributed by atoms with E-state index in [1.165, 1.54) is 0 Å². The van der Waals surface area contributed by atoms with Gasteiger partial charge in [0.1, 0.15) is 0 Å². The van der Waals surface area contributed by atoms with Crippen LogP contribution in [0.25, 0.3) is 0 Å². The number of hydrogen-bond acceptors (Lipinski definition) is 6. The van der Waals surface area contributed by atoms with Crippen LogP contribution in [-0.2, 0) is 51.2 Å². The van der Waals surface area contributed by atoms with Crippen LogP contribution < -0.4 is 20.3 Å². The maximum atomic E-state index is 8.60. The molecule has 0 atom stereocenters. The molecule has 0 N–H and O–H groups in total. The molecule has 3 radical (unpaired) electrons. The van der Waals surface area contributed by atoms with E-state index >= 15 is 0 Å². The van der Waals surface area contributed by atoms with Gasteiger partial charge in [0.05, 0.1) is 0 Å². The molecule has 0 aliphatic carbocycles. The van der Waals surface area contributed by atoms with Crippen molar-refractivity contribution in [3.05, 3.63) is 0 Å². The van der Waals surface area contributed by atoms with Gasteiger partial charge < -0.3 is 0 Å². The van der Waals surface area contributed by atoms with Crippen LogP contribution in [-0.4, -0.2) is 42.9 Å². The molecule has 0 aromatic carbocycles. The van der Waals surface area contributed by atoms with Crippen molar-refractivity contribution in [2.75, 3.05) is 0 Å². The van der Waals surface area contributed by atoms with E-state index in [-0.39, 0.29) is 51.2 Å². The van der Waals surface area contributed by atoms with Crippen LogP contribution in [0, 0.1) is 0 Å². The first-order valence-electron chi connectivity index (χ1n) is 1.10. The minimum atomic E-state index is -4.20. The second-order valence-electron chi connectivity index (χ2n) is 0.447. The molecular formula is Mn3O6Sb2. The van der Waals surface area contributed by atoms with E-state index in [0.29, 0.717) is 0 Å². The van der Waals surface area contributed by atoms with Crippen molar-refractivity contribution in [2.45, 2.75) is 0 Å². The monoisotopic (exact) mass is 503 g/mol. The molecule has 0 aliphatic heterocycles. The van der Waals surface area contributed by atoms with Gasteiger partial charge in [-0.1, -0.05) is 0 Å². The van der Waals surface area contributed by atoms with Gasteiger partial charge in [0, 0.05) is 0 Å². The molecule has 0 saturated carbocycles. The molecule has 0 heterocycles. The third-order valence-corrected chi connectivity index (χ3v) is 0. The van der Waals surface area contributed by atoms with Crippen molar-refractivity contribution in [1.82, 2.24) is 0 Å². The molecule has 0 bridgehead atoms. The van der Waals surface area contributed by atoms with E-state index in [1.54, 1.807) is 0 Å².